The second-order valence-electron chi connectivity index (χ2n) is 3.82. The van der Waals surface area contributed by atoms with Crippen LogP contribution in [-0.4, -0.2) is 17.1 Å². The maximum Gasteiger partial charge on any atom is 0.248 e. The summed E-state index contributed by atoms with van der Waals surface area (Å²) in [7, 11) is 0. The van der Waals surface area contributed by atoms with Crippen molar-refractivity contribution in [1.82, 2.24) is 4.98 Å². The zero-order valence-electron chi connectivity index (χ0n) is 10.5. The van der Waals surface area contributed by atoms with Gasteiger partial charge >= 0.3 is 0 Å². The number of thioether (sulfide) groups is 1. The van der Waals surface area contributed by atoms with E-state index in [0.717, 1.165) is 10.6 Å². The van der Waals surface area contributed by atoms with Crippen molar-refractivity contribution in [2.75, 3.05) is 11.6 Å². The molecule has 0 spiro atoms. The Morgan fingerprint density at radius 2 is 2.00 bits per heavy atom. The van der Waals surface area contributed by atoms with E-state index in [4.69, 9.17) is 0 Å². The summed E-state index contributed by atoms with van der Waals surface area (Å²) in [5, 5.41) is 3.69. The summed E-state index contributed by atoms with van der Waals surface area (Å²) in [6, 6.07) is 13.4. The van der Waals surface area contributed by atoms with E-state index in [1.165, 1.54) is 6.08 Å². The Balaban J connectivity index is 1.95. The molecular weight excluding hydrogens is 256 g/mol. The van der Waals surface area contributed by atoms with Gasteiger partial charge in [-0.1, -0.05) is 30.3 Å². The molecule has 2 rings (SSSR count). The lowest BCUT2D eigenvalue weighted by molar-refractivity contribution is -0.111. The van der Waals surface area contributed by atoms with E-state index in [1.54, 1.807) is 24.0 Å². The highest BCUT2D eigenvalue weighted by atomic mass is 32.2. The second kappa shape index (κ2) is 6.75. The van der Waals surface area contributed by atoms with Gasteiger partial charge in [-0.3, -0.25) is 4.79 Å². The normalized spacial score (nSPS) is 10.6. The smallest absolute Gasteiger partial charge is 0.248 e. The summed E-state index contributed by atoms with van der Waals surface area (Å²) in [6.07, 6.45) is 6.90. The van der Waals surface area contributed by atoms with Gasteiger partial charge in [0.1, 0.15) is 0 Å². The van der Waals surface area contributed by atoms with Gasteiger partial charge in [0.05, 0.1) is 16.9 Å². The van der Waals surface area contributed by atoms with Crippen LogP contribution in [0, 0.1) is 0 Å². The van der Waals surface area contributed by atoms with Crippen LogP contribution in [0.5, 0.6) is 0 Å². The maximum atomic E-state index is 11.7. The molecule has 0 aliphatic rings. The largest absolute Gasteiger partial charge is 0.321 e. The van der Waals surface area contributed by atoms with Crippen molar-refractivity contribution in [2.45, 2.75) is 5.03 Å². The number of nitrogens with one attached hydrogen (secondary N) is 1. The zero-order valence-corrected chi connectivity index (χ0v) is 11.4. The van der Waals surface area contributed by atoms with Gasteiger partial charge in [0.15, 0.2) is 0 Å². The average Bonchev–Trinajstić information content (AvgIpc) is 2.47. The van der Waals surface area contributed by atoms with Crippen LogP contribution in [0.25, 0.3) is 6.08 Å². The molecule has 1 aromatic heterocycles. The van der Waals surface area contributed by atoms with Crippen molar-refractivity contribution in [2.24, 2.45) is 0 Å². The molecule has 0 fully saturated rings. The van der Waals surface area contributed by atoms with Crippen LogP contribution in [0.2, 0.25) is 0 Å². The highest BCUT2D eigenvalue weighted by Crippen LogP contribution is 2.13. The molecule has 0 aliphatic heterocycles. The number of amides is 1. The number of nitrogens with zero attached hydrogens (tertiary/aromatic N) is 1. The number of hydrogen-bond donors (Lipinski definition) is 1. The van der Waals surface area contributed by atoms with Gasteiger partial charge in [-0.15, -0.1) is 11.8 Å². The lowest BCUT2D eigenvalue weighted by Gasteiger charge is -2.02. The number of hydrogen-bond acceptors (Lipinski definition) is 3. The Labute approximate surface area is 116 Å². The minimum atomic E-state index is -0.164. The molecular formula is C15H14N2OS. The van der Waals surface area contributed by atoms with Crippen LogP contribution in [0.1, 0.15) is 5.56 Å². The molecule has 19 heavy (non-hydrogen) atoms. The number of carbonyl (C=O) groups excluding carboxylic acids is 1. The van der Waals surface area contributed by atoms with E-state index in [1.807, 2.05) is 48.7 Å². The van der Waals surface area contributed by atoms with Gasteiger partial charge in [0, 0.05) is 6.08 Å². The molecule has 0 saturated heterocycles. The fourth-order valence-electron chi connectivity index (χ4n) is 1.49. The first kappa shape index (κ1) is 13.4. The summed E-state index contributed by atoms with van der Waals surface area (Å²) in [5.74, 6) is -0.164. The van der Waals surface area contributed by atoms with E-state index in [9.17, 15) is 4.79 Å². The fourth-order valence-corrected chi connectivity index (χ4v) is 1.86. The highest BCUT2D eigenvalue weighted by Gasteiger charge is 1.98. The Bertz CT molecular complexity index is 564. The summed E-state index contributed by atoms with van der Waals surface area (Å²) < 4.78 is 0. The summed E-state index contributed by atoms with van der Waals surface area (Å²) in [5.41, 5.74) is 1.69. The minimum absolute atomic E-state index is 0.164. The van der Waals surface area contributed by atoms with Crippen molar-refractivity contribution in [3.05, 3.63) is 60.3 Å². The second-order valence-corrected chi connectivity index (χ2v) is 4.65. The van der Waals surface area contributed by atoms with Crippen LogP contribution < -0.4 is 5.32 Å². The highest BCUT2D eigenvalue weighted by molar-refractivity contribution is 7.98. The Hall–Kier alpha value is -2.07. The molecule has 96 valence electrons. The van der Waals surface area contributed by atoms with Gasteiger partial charge in [-0.2, -0.15) is 0 Å². The maximum absolute atomic E-state index is 11.7. The first-order valence-corrected chi connectivity index (χ1v) is 7.04. The number of rotatable bonds is 4. The third-order valence-electron chi connectivity index (χ3n) is 2.44. The molecule has 3 nitrogen and oxygen atoms in total. The topological polar surface area (TPSA) is 42.0 Å². The molecule has 0 bridgehead atoms. The van der Waals surface area contributed by atoms with Crippen molar-refractivity contribution in [1.29, 1.82) is 0 Å². The molecule has 1 aromatic carbocycles. The van der Waals surface area contributed by atoms with Gasteiger partial charge < -0.3 is 5.32 Å². The van der Waals surface area contributed by atoms with Gasteiger partial charge in [0.25, 0.3) is 0 Å². The number of aromatic nitrogens is 1. The van der Waals surface area contributed by atoms with Crippen LogP contribution >= 0.6 is 11.8 Å². The number of benzene rings is 1. The van der Waals surface area contributed by atoms with E-state index in [-0.39, 0.29) is 5.91 Å². The molecule has 1 amide bonds. The van der Waals surface area contributed by atoms with Gasteiger partial charge in [0.2, 0.25) is 5.91 Å². The summed E-state index contributed by atoms with van der Waals surface area (Å²) in [4.78, 5) is 15.9. The third-order valence-corrected chi connectivity index (χ3v) is 3.10. The molecule has 0 aliphatic carbocycles. The standard InChI is InChI=1S/C15H14N2OS/c1-19-15-10-8-13(11-16-15)17-14(18)9-7-12-5-3-2-4-6-12/h2-11H,1H3,(H,17,18)/b9-7+. The monoisotopic (exact) mass is 270 g/mol. The Kier molecular flexibility index (Phi) is 4.75. The molecule has 0 atom stereocenters. The number of carbonyl (C=O) groups is 1. The first-order chi connectivity index (χ1) is 9.28. The number of anilines is 1. The summed E-state index contributed by atoms with van der Waals surface area (Å²) >= 11 is 1.57. The molecule has 0 saturated carbocycles. The van der Waals surface area contributed by atoms with Crippen LogP contribution in [-0.2, 0) is 4.79 Å². The quantitative estimate of drug-likeness (QED) is 0.683. The number of pyridine rings is 1. The van der Waals surface area contributed by atoms with Crippen molar-refractivity contribution < 1.29 is 4.79 Å². The zero-order chi connectivity index (χ0) is 13.5. The first-order valence-electron chi connectivity index (χ1n) is 5.82. The predicted octanol–water partition coefficient (Wildman–Crippen LogP) is 3.46. The van der Waals surface area contributed by atoms with E-state index < -0.39 is 0 Å². The molecule has 0 unspecified atom stereocenters. The van der Waals surface area contributed by atoms with Crippen LogP contribution in [0.3, 0.4) is 0 Å². The van der Waals surface area contributed by atoms with Crippen molar-refractivity contribution in [3.63, 3.8) is 0 Å². The fraction of sp³-hybridized carbons (Fsp3) is 0.0667. The van der Waals surface area contributed by atoms with Gasteiger partial charge in [-0.05, 0) is 30.0 Å². The summed E-state index contributed by atoms with van der Waals surface area (Å²) in [6.45, 7) is 0. The molecule has 2 aromatic rings. The Morgan fingerprint density at radius 3 is 2.63 bits per heavy atom. The van der Waals surface area contributed by atoms with Crippen molar-refractivity contribution >= 4 is 29.4 Å². The minimum Gasteiger partial charge on any atom is -0.321 e. The molecule has 0 radical (unpaired) electrons. The van der Waals surface area contributed by atoms with Gasteiger partial charge in [-0.25, -0.2) is 4.98 Å². The molecule has 1 N–H and O–H groups in total. The van der Waals surface area contributed by atoms with E-state index in [2.05, 4.69) is 10.3 Å². The molecule has 4 heteroatoms. The molecule has 1 heterocycles. The lowest BCUT2D eigenvalue weighted by atomic mass is 10.2. The predicted molar refractivity (Wildman–Crippen MR) is 80.1 cm³/mol. The average molecular weight is 270 g/mol. The SMILES string of the molecule is CSc1ccc(NC(=O)/C=C/c2ccccc2)cn1. The Morgan fingerprint density at radius 1 is 1.21 bits per heavy atom. The van der Waals surface area contributed by atoms with E-state index >= 15 is 0 Å². The van der Waals surface area contributed by atoms with E-state index in [0.29, 0.717) is 5.69 Å². The van der Waals surface area contributed by atoms with Crippen LogP contribution in [0.4, 0.5) is 5.69 Å². The third kappa shape index (κ3) is 4.26. The van der Waals surface area contributed by atoms with Crippen molar-refractivity contribution in [3.8, 4) is 0 Å². The van der Waals surface area contributed by atoms with Crippen LogP contribution in [0.15, 0.2) is 59.8 Å². The lowest BCUT2D eigenvalue weighted by Crippen LogP contribution is -2.07.